The van der Waals surface area contributed by atoms with Gasteiger partial charge in [-0.25, -0.2) is 27.2 Å². The SMILES string of the molecule is CCC(F)(F)c1cnc(C#N)nc1N1CCC(S(=O)(=O)c2ccccc2C(F)(F)F)C1. The number of hydrogen-bond acceptors (Lipinski definition) is 6. The summed E-state index contributed by atoms with van der Waals surface area (Å²) in [5, 5.41) is 7.74. The highest BCUT2D eigenvalue weighted by molar-refractivity contribution is 7.92. The molecule has 1 aromatic heterocycles. The third-order valence-corrected chi connectivity index (χ3v) is 7.32. The van der Waals surface area contributed by atoms with Crippen LogP contribution in [0.25, 0.3) is 0 Å². The minimum absolute atomic E-state index is 0.0350. The highest BCUT2D eigenvalue weighted by Crippen LogP contribution is 2.40. The van der Waals surface area contributed by atoms with Gasteiger partial charge in [0, 0.05) is 25.7 Å². The van der Waals surface area contributed by atoms with Crippen LogP contribution in [0.2, 0.25) is 0 Å². The fourth-order valence-corrected chi connectivity index (χ4v) is 5.33. The Morgan fingerprint density at radius 1 is 1.19 bits per heavy atom. The second-order valence-electron chi connectivity index (χ2n) is 7.00. The molecule has 0 bridgehead atoms. The molecule has 0 spiro atoms. The van der Waals surface area contributed by atoms with E-state index in [-0.39, 0.29) is 31.2 Å². The van der Waals surface area contributed by atoms with Crippen molar-refractivity contribution in [2.24, 2.45) is 0 Å². The van der Waals surface area contributed by atoms with Gasteiger partial charge in [0.05, 0.1) is 21.3 Å². The molecule has 166 valence electrons. The number of benzene rings is 1. The van der Waals surface area contributed by atoms with Crippen molar-refractivity contribution in [3.63, 3.8) is 0 Å². The minimum atomic E-state index is -4.87. The van der Waals surface area contributed by atoms with Crippen LogP contribution in [0.15, 0.2) is 35.4 Å². The van der Waals surface area contributed by atoms with E-state index in [2.05, 4.69) is 9.97 Å². The average molecular weight is 460 g/mol. The maximum absolute atomic E-state index is 14.4. The van der Waals surface area contributed by atoms with Gasteiger partial charge in [-0.3, -0.25) is 0 Å². The van der Waals surface area contributed by atoms with E-state index in [4.69, 9.17) is 5.26 Å². The summed E-state index contributed by atoms with van der Waals surface area (Å²) in [5.41, 5.74) is -1.84. The van der Waals surface area contributed by atoms with E-state index in [1.165, 1.54) is 17.9 Å². The minimum Gasteiger partial charge on any atom is -0.355 e. The van der Waals surface area contributed by atoms with Gasteiger partial charge in [0.25, 0.3) is 5.92 Å². The molecule has 12 heteroatoms. The zero-order valence-corrected chi connectivity index (χ0v) is 17.0. The van der Waals surface area contributed by atoms with Crippen LogP contribution >= 0.6 is 0 Å². The summed E-state index contributed by atoms with van der Waals surface area (Å²) >= 11 is 0. The van der Waals surface area contributed by atoms with Crippen LogP contribution in [-0.4, -0.2) is 36.7 Å². The van der Waals surface area contributed by atoms with E-state index < -0.39 is 49.6 Å². The van der Waals surface area contributed by atoms with Crippen molar-refractivity contribution in [1.82, 2.24) is 9.97 Å². The lowest BCUT2D eigenvalue weighted by Gasteiger charge is -2.24. The zero-order chi connectivity index (χ0) is 23.0. The summed E-state index contributed by atoms with van der Waals surface area (Å²) in [6, 6.07) is 5.49. The molecule has 0 radical (unpaired) electrons. The summed E-state index contributed by atoms with van der Waals surface area (Å²) in [5.74, 6) is -4.00. The predicted octanol–water partition coefficient (Wildman–Crippen LogP) is 3.92. The second kappa shape index (κ2) is 8.03. The Bertz CT molecular complexity index is 1130. The molecule has 31 heavy (non-hydrogen) atoms. The van der Waals surface area contributed by atoms with E-state index in [0.29, 0.717) is 6.07 Å². The molecule has 1 aliphatic heterocycles. The summed E-state index contributed by atoms with van der Waals surface area (Å²) in [4.78, 5) is 7.80. The van der Waals surface area contributed by atoms with Crippen molar-refractivity contribution in [2.75, 3.05) is 18.0 Å². The Balaban J connectivity index is 1.99. The molecule has 0 aliphatic carbocycles. The summed E-state index contributed by atoms with van der Waals surface area (Å²) in [6.07, 6.45) is -4.71. The molecular weight excluding hydrogens is 443 g/mol. The number of anilines is 1. The first-order valence-electron chi connectivity index (χ1n) is 9.22. The summed E-state index contributed by atoms with van der Waals surface area (Å²) < 4.78 is 94.6. The largest absolute Gasteiger partial charge is 0.417 e. The number of nitrogens with zero attached hydrogens (tertiary/aromatic N) is 4. The fraction of sp³-hybridized carbons (Fsp3) is 0.421. The lowest BCUT2D eigenvalue weighted by molar-refractivity contribution is -0.139. The Kier molecular flexibility index (Phi) is 5.92. The first kappa shape index (κ1) is 22.9. The Labute approximate surface area is 175 Å². The lowest BCUT2D eigenvalue weighted by Crippen LogP contribution is -2.31. The molecule has 1 unspecified atom stereocenters. The van der Waals surface area contributed by atoms with Crippen molar-refractivity contribution >= 4 is 15.7 Å². The quantitative estimate of drug-likeness (QED) is 0.629. The molecule has 1 aliphatic rings. The van der Waals surface area contributed by atoms with Gasteiger partial charge in [0.1, 0.15) is 11.9 Å². The molecule has 0 amide bonds. The smallest absolute Gasteiger partial charge is 0.355 e. The zero-order valence-electron chi connectivity index (χ0n) is 16.2. The van der Waals surface area contributed by atoms with Gasteiger partial charge < -0.3 is 4.90 Å². The highest BCUT2D eigenvalue weighted by Gasteiger charge is 2.43. The molecule has 6 nitrogen and oxygen atoms in total. The molecule has 0 saturated carbocycles. The fourth-order valence-electron chi connectivity index (χ4n) is 3.42. The van der Waals surface area contributed by atoms with E-state index >= 15 is 0 Å². The maximum atomic E-state index is 14.4. The molecule has 1 aromatic carbocycles. The summed E-state index contributed by atoms with van der Waals surface area (Å²) in [6.45, 7) is 0.864. The number of aromatic nitrogens is 2. The van der Waals surface area contributed by atoms with Crippen LogP contribution < -0.4 is 4.90 Å². The molecule has 1 atom stereocenters. The van der Waals surface area contributed by atoms with E-state index in [1.54, 1.807) is 6.07 Å². The second-order valence-corrected chi connectivity index (χ2v) is 9.19. The molecule has 3 rings (SSSR count). The number of halogens is 5. The average Bonchev–Trinajstić information content (AvgIpc) is 3.23. The van der Waals surface area contributed by atoms with Crippen LogP contribution in [0, 0.1) is 11.3 Å². The number of nitriles is 1. The first-order valence-corrected chi connectivity index (χ1v) is 10.8. The van der Waals surface area contributed by atoms with Crippen molar-refractivity contribution in [3.8, 4) is 6.07 Å². The predicted molar refractivity (Wildman–Crippen MR) is 100 cm³/mol. The third-order valence-electron chi connectivity index (χ3n) is 5.09. The molecule has 0 N–H and O–H groups in total. The van der Waals surface area contributed by atoms with Gasteiger partial charge in [0.2, 0.25) is 5.82 Å². The number of sulfone groups is 1. The van der Waals surface area contributed by atoms with E-state index in [9.17, 15) is 30.4 Å². The normalized spacial score (nSPS) is 17.6. The van der Waals surface area contributed by atoms with Gasteiger partial charge >= 0.3 is 6.18 Å². The van der Waals surface area contributed by atoms with Gasteiger partial charge in [0.15, 0.2) is 9.84 Å². The first-order chi connectivity index (χ1) is 14.4. The van der Waals surface area contributed by atoms with E-state index in [0.717, 1.165) is 18.3 Å². The number of hydrogen-bond donors (Lipinski definition) is 0. The Hall–Kier alpha value is -2.81. The van der Waals surface area contributed by atoms with Crippen LogP contribution in [0.3, 0.4) is 0 Å². The number of alkyl halides is 5. The highest BCUT2D eigenvalue weighted by atomic mass is 32.2. The third kappa shape index (κ3) is 4.32. The molecule has 2 heterocycles. The Morgan fingerprint density at radius 2 is 1.87 bits per heavy atom. The van der Waals surface area contributed by atoms with Crippen LogP contribution in [-0.2, 0) is 21.9 Å². The van der Waals surface area contributed by atoms with Gasteiger partial charge in [-0.15, -0.1) is 0 Å². The Morgan fingerprint density at radius 3 is 2.48 bits per heavy atom. The van der Waals surface area contributed by atoms with Crippen molar-refractivity contribution in [2.45, 2.75) is 42.0 Å². The van der Waals surface area contributed by atoms with Crippen LogP contribution in [0.1, 0.15) is 36.7 Å². The van der Waals surface area contributed by atoms with Crippen molar-refractivity contribution < 1.29 is 30.4 Å². The van der Waals surface area contributed by atoms with Crippen LogP contribution in [0.5, 0.6) is 0 Å². The molecule has 1 fully saturated rings. The van der Waals surface area contributed by atoms with Crippen LogP contribution in [0.4, 0.5) is 27.8 Å². The van der Waals surface area contributed by atoms with Gasteiger partial charge in [-0.05, 0) is 18.6 Å². The maximum Gasteiger partial charge on any atom is 0.417 e. The molecular formula is C19H17F5N4O2S. The van der Waals surface area contributed by atoms with Crippen molar-refractivity contribution in [1.29, 1.82) is 5.26 Å². The summed E-state index contributed by atoms with van der Waals surface area (Å²) in [7, 11) is -4.42. The lowest BCUT2D eigenvalue weighted by atomic mass is 10.1. The van der Waals surface area contributed by atoms with Gasteiger partial charge in [-0.2, -0.15) is 18.4 Å². The molecule has 1 saturated heterocycles. The topological polar surface area (TPSA) is 86.9 Å². The van der Waals surface area contributed by atoms with E-state index in [1.807, 2.05) is 0 Å². The molecule has 2 aromatic rings. The van der Waals surface area contributed by atoms with Crippen molar-refractivity contribution in [3.05, 3.63) is 47.4 Å². The van der Waals surface area contributed by atoms with Gasteiger partial charge in [-0.1, -0.05) is 19.1 Å². The standard InChI is InChI=1S/C19H17F5N4O2S/c1-2-18(20,21)14-10-26-16(9-25)27-17(14)28-8-7-12(11-28)31(29,30)15-6-4-3-5-13(15)19(22,23)24/h3-6,10,12H,2,7-8,11H2,1H3. The monoisotopic (exact) mass is 460 g/mol. The number of rotatable bonds is 5.